The van der Waals surface area contributed by atoms with Gasteiger partial charge in [-0.2, -0.15) is 24.3 Å². The van der Waals surface area contributed by atoms with Gasteiger partial charge < -0.3 is 9.67 Å². The van der Waals surface area contributed by atoms with E-state index in [0.29, 0.717) is 0 Å². The van der Waals surface area contributed by atoms with Crippen LogP contribution in [-0.4, -0.2) is 25.4 Å². The molecule has 0 aliphatic heterocycles. The van der Waals surface area contributed by atoms with Gasteiger partial charge in [0.1, 0.15) is 11.5 Å². The Kier molecular flexibility index (Phi) is 7.42. The third kappa shape index (κ3) is 5.03. The third-order valence-electron chi connectivity index (χ3n) is 5.15. The minimum atomic E-state index is -0.125. The van der Waals surface area contributed by atoms with Gasteiger partial charge in [-0.25, -0.2) is 9.97 Å². The molecule has 0 fully saturated rings. The molecule has 1 radical (unpaired) electrons. The van der Waals surface area contributed by atoms with Crippen molar-refractivity contribution >= 4 is 38.6 Å². The average molecular weight is 615 g/mol. The second kappa shape index (κ2) is 10.1. The van der Waals surface area contributed by atoms with Gasteiger partial charge >= 0.3 is 0 Å². The van der Waals surface area contributed by atoms with E-state index in [-0.39, 0.29) is 31.6 Å². The van der Waals surface area contributed by atoms with E-state index in [1.165, 1.54) is 36.4 Å². The molecule has 5 aromatic rings. The number of nitrogens with zero attached hydrogens (tertiary/aromatic N) is 3. The molecule has 0 unspecified atom stereocenters. The summed E-state index contributed by atoms with van der Waals surface area (Å²) in [7, 11) is 0. The van der Waals surface area contributed by atoms with Crippen molar-refractivity contribution < 1.29 is 30.0 Å². The molecule has 3 aromatic heterocycles. The fraction of sp³-hybridized carbons (Fsp3) is 0.148. The van der Waals surface area contributed by atoms with Crippen LogP contribution in [-0.2, 0) is 24.9 Å². The predicted molar refractivity (Wildman–Crippen MR) is 129 cm³/mol. The Morgan fingerprint density at radius 1 is 1.03 bits per heavy atom. The molecule has 0 aliphatic rings. The summed E-state index contributed by atoms with van der Waals surface area (Å²) in [6.07, 6.45) is 3.00. The molecular weight excluding hydrogens is 591 g/mol. The van der Waals surface area contributed by atoms with Crippen LogP contribution in [0.15, 0.2) is 72.6 Å². The summed E-state index contributed by atoms with van der Waals surface area (Å²) in [6.45, 7) is 7.09. The quantitative estimate of drug-likeness (QED) is 0.147. The number of benzene rings is 2. The Bertz CT molecular complexity index is 1440. The summed E-state index contributed by atoms with van der Waals surface area (Å²) in [5, 5.41) is 11.8. The number of fused-ring (bicyclic) bond motifs is 4. The minimum Gasteiger partial charge on any atom is -0.512 e. The number of aliphatic hydroxyl groups excluding tert-OH is 1. The first-order chi connectivity index (χ1) is 15.3. The van der Waals surface area contributed by atoms with E-state index in [4.69, 9.17) is 10.1 Å². The number of hydrogen-bond donors (Lipinski definition) is 1. The van der Waals surface area contributed by atoms with Gasteiger partial charge in [-0.1, -0.05) is 23.2 Å². The summed E-state index contributed by atoms with van der Waals surface area (Å²) in [4.78, 5) is 19.6. The second-order valence-corrected chi connectivity index (χ2v) is 7.86. The van der Waals surface area contributed by atoms with Crippen LogP contribution in [0.25, 0.3) is 38.7 Å². The van der Waals surface area contributed by atoms with Gasteiger partial charge in [0.2, 0.25) is 0 Å². The molecule has 0 spiro atoms. The molecule has 169 valence electrons. The average Bonchev–Trinajstić information content (AvgIpc) is 3.08. The Balaban J connectivity index is 0.000000337. The molecule has 0 saturated heterocycles. The summed E-state index contributed by atoms with van der Waals surface area (Å²) >= 11 is 0. The van der Waals surface area contributed by atoms with E-state index in [2.05, 4.69) is 65.9 Å². The van der Waals surface area contributed by atoms with E-state index in [0.717, 1.165) is 33.3 Å². The van der Waals surface area contributed by atoms with Gasteiger partial charge in [0.05, 0.1) is 11.3 Å². The van der Waals surface area contributed by atoms with Crippen LogP contribution in [0.5, 0.6) is 0 Å². The molecule has 0 saturated carbocycles. The van der Waals surface area contributed by atoms with Crippen molar-refractivity contribution in [1.29, 1.82) is 0 Å². The topological polar surface area (TPSA) is 68.0 Å². The zero-order valence-electron chi connectivity index (χ0n) is 18.9. The van der Waals surface area contributed by atoms with Crippen molar-refractivity contribution in [2.75, 3.05) is 0 Å². The Hall–Kier alpha value is -3.34. The van der Waals surface area contributed by atoms with Crippen molar-refractivity contribution in [3.05, 3.63) is 89.8 Å². The van der Waals surface area contributed by atoms with Gasteiger partial charge in [-0.3, -0.25) is 4.79 Å². The Labute approximate surface area is 206 Å². The predicted octanol–water partition coefficient (Wildman–Crippen LogP) is 6.18. The number of aliphatic hydroxyl groups is 1. The van der Waals surface area contributed by atoms with Gasteiger partial charge in [0.25, 0.3) is 0 Å². The largest absolute Gasteiger partial charge is 0.512 e. The SMILES string of the molecule is CC(=O)/C=C(/C)O.Cc1ccc2nc(-n3c4[c-]cccc4c4cccnc43)cc(C)c2c1.[Ir]. The summed E-state index contributed by atoms with van der Waals surface area (Å²) in [5.74, 6) is 0.822. The van der Waals surface area contributed by atoms with Crippen LogP contribution in [0.4, 0.5) is 0 Å². The summed E-state index contributed by atoms with van der Waals surface area (Å²) in [6, 6.07) is 22.0. The zero-order valence-corrected chi connectivity index (χ0v) is 21.3. The van der Waals surface area contributed by atoms with Crippen molar-refractivity contribution in [3.63, 3.8) is 0 Å². The van der Waals surface area contributed by atoms with Gasteiger partial charge in [-0.05, 0) is 62.9 Å². The van der Waals surface area contributed by atoms with E-state index in [1.807, 2.05) is 24.4 Å². The molecule has 1 N–H and O–H groups in total. The molecule has 0 bridgehead atoms. The van der Waals surface area contributed by atoms with Crippen LogP contribution >= 0.6 is 0 Å². The number of carbonyl (C=O) groups is 1. The molecule has 0 aliphatic carbocycles. The molecule has 3 heterocycles. The van der Waals surface area contributed by atoms with E-state index in [1.54, 1.807) is 0 Å². The minimum absolute atomic E-state index is 0. The molecule has 5 nitrogen and oxygen atoms in total. The summed E-state index contributed by atoms with van der Waals surface area (Å²) in [5.41, 5.74) is 5.39. The smallest absolute Gasteiger partial charge is 0.155 e. The van der Waals surface area contributed by atoms with Crippen LogP contribution < -0.4 is 0 Å². The fourth-order valence-corrected chi connectivity index (χ4v) is 3.84. The van der Waals surface area contributed by atoms with E-state index >= 15 is 0 Å². The third-order valence-corrected chi connectivity index (χ3v) is 5.15. The van der Waals surface area contributed by atoms with E-state index in [9.17, 15) is 4.79 Å². The number of allylic oxidation sites excluding steroid dienone is 2. The molecule has 33 heavy (non-hydrogen) atoms. The van der Waals surface area contributed by atoms with Crippen LogP contribution in [0, 0.1) is 19.9 Å². The molecule has 2 aromatic carbocycles. The van der Waals surface area contributed by atoms with Crippen molar-refractivity contribution in [2.45, 2.75) is 27.7 Å². The normalized spacial score (nSPS) is 11.2. The number of ketones is 1. The second-order valence-electron chi connectivity index (χ2n) is 7.86. The van der Waals surface area contributed by atoms with Crippen molar-refractivity contribution in [3.8, 4) is 5.82 Å². The number of para-hydroxylation sites is 1. The molecule has 0 amide bonds. The number of aryl methyl sites for hydroxylation is 2. The Morgan fingerprint density at radius 3 is 2.48 bits per heavy atom. The Morgan fingerprint density at radius 2 is 1.79 bits per heavy atom. The maximum Gasteiger partial charge on any atom is 0.155 e. The number of hydrogen-bond acceptors (Lipinski definition) is 4. The number of rotatable bonds is 2. The van der Waals surface area contributed by atoms with Gasteiger partial charge in [0.15, 0.2) is 5.78 Å². The fourth-order valence-electron chi connectivity index (χ4n) is 3.84. The molecular formula is C27H24IrN3O2-. The van der Waals surface area contributed by atoms with Crippen molar-refractivity contribution in [2.24, 2.45) is 0 Å². The zero-order chi connectivity index (χ0) is 22.8. The number of aromatic nitrogens is 3. The number of pyridine rings is 2. The molecule has 5 rings (SSSR count). The molecule has 6 heteroatoms. The van der Waals surface area contributed by atoms with Crippen LogP contribution in [0.1, 0.15) is 25.0 Å². The van der Waals surface area contributed by atoms with Gasteiger partial charge in [-0.15, -0.1) is 5.39 Å². The standard InChI is InChI=1S/C22H16N3.C5H8O2.Ir/c1-14-9-10-19-18(12-14)15(2)13-21(24-19)25-20-8-4-3-6-16(20)17-7-5-11-23-22(17)25;1-4(6)3-5(2)7;/h3-7,9-13H,1-2H3;3,6H,1-2H3;/q-1;;/b;4-3-;. The van der Waals surface area contributed by atoms with Crippen LogP contribution in [0.3, 0.4) is 0 Å². The first-order valence-corrected chi connectivity index (χ1v) is 10.4. The molecule has 0 atom stereocenters. The monoisotopic (exact) mass is 615 g/mol. The maximum absolute atomic E-state index is 10.0. The van der Waals surface area contributed by atoms with Crippen molar-refractivity contribution in [1.82, 2.24) is 14.5 Å². The van der Waals surface area contributed by atoms with Crippen LogP contribution in [0.2, 0.25) is 0 Å². The van der Waals surface area contributed by atoms with Gasteiger partial charge in [0, 0.05) is 37.8 Å². The first kappa shape index (κ1) is 24.3. The first-order valence-electron chi connectivity index (χ1n) is 10.4. The summed E-state index contributed by atoms with van der Waals surface area (Å²) < 4.78 is 2.11. The van der Waals surface area contributed by atoms with E-state index < -0.39 is 0 Å². The maximum atomic E-state index is 10.0. The number of carbonyl (C=O) groups excluding carboxylic acids is 1.